The van der Waals surface area contributed by atoms with Crippen LogP contribution in [0.1, 0.15) is 33.1 Å². The standard InChI is InChI=1S/C14H31N3OS.HI/c1-13(2)7-10-18-11-9-17-14(15-3)16-8-5-6-12-19-4;/h13H,5-12H2,1-4H3,(H2,15,16,17);1H. The van der Waals surface area contributed by atoms with Crippen LogP contribution in [-0.2, 0) is 4.74 Å². The van der Waals surface area contributed by atoms with Gasteiger partial charge in [-0.1, -0.05) is 13.8 Å². The van der Waals surface area contributed by atoms with E-state index in [0.717, 1.165) is 38.7 Å². The lowest BCUT2D eigenvalue weighted by Crippen LogP contribution is -2.39. The van der Waals surface area contributed by atoms with Gasteiger partial charge in [-0.2, -0.15) is 11.8 Å². The maximum atomic E-state index is 5.55. The summed E-state index contributed by atoms with van der Waals surface area (Å²) in [4.78, 5) is 4.19. The molecule has 0 spiro atoms. The van der Waals surface area contributed by atoms with E-state index < -0.39 is 0 Å². The summed E-state index contributed by atoms with van der Waals surface area (Å²) in [5.74, 6) is 2.82. The number of nitrogens with zero attached hydrogens (tertiary/aromatic N) is 1. The molecule has 0 rings (SSSR count). The maximum Gasteiger partial charge on any atom is 0.191 e. The van der Waals surface area contributed by atoms with Gasteiger partial charge < -0.3 is 15.4 Å². The van der Waals surface area contributed by atoms with E-state index in [-0.39, 0.29) is 24.0 Å². The van der Waals surface area contributed by atoms with E-state index in [2.05, 4.69) is 35.7 Å². The Morgan fingerprint density at radius 2 is 1.85 bits per heavy atom. The molecule has 6 heteroatoms. The van der Waals surface area contributed by atoms with Crippen LogP contribution in [0, 0.1) is 5.92 Å². The number of aliphatic imine (C=N–C) groups is 1. The van der Waals surface area contributed by atoms with Crippen molar-refractivity contribution in [2.75, 3.05) is 45.4 Å². The summed E-state index contributed by atoms with van der Waals surface area (Å²) in [6, 6.07) is 0. The third kappa shape index (κ3) is 16.4. The lowest BCUT2D eigenvalue weighted by atomic mass is 10.1. The van der Waals surface area contributed by atoms with Gasteiger partial charge in [-0.3, -0.25) is 4.99 Å². The average molecular weight is 417 g/mol. The van der Waals surface area contributed by atoms with Gasteiger partial charge in [0.2, 0.25) is 0 Å². The highest BCUT2D eigenvalue weighted by Gasteiger charge is 1.97. The summed E-state index contributed by atoms with van der Waals surface area (Å²) in [6.45, 7) is 7.80. The minimum absolute atomic E-state index is 0. The van der Waals surface area contributed by atoms with Crippen molar-refractivity contribution in [3.8, 4) is 0 Å². The largest absolute Gasteiger partial charge is 0.380 e. The first-order valence-electron chi connectivity index (χ1n) is 7.22. The van der Waals surface area contributed by atoms with Crippen LogP contribution < -0.4 is 10.6 Å². The van der Waals surface area contributed by atoms with Crippen molar-refractivity contribution >= 4 is 41.7 Å². The molecular weight excluding hydrogens is 385 g/mol. The fraction of sp³-hybridized carbons (Fsp3) is 0.929. The summed E-state index contributed by atoms with van der Waals surface area (Å²) in [5.41, 5.74) is 0. The monoisotopic (exact) mass is 417 g/mol. The summed E-state index contributed by atoms with van der Waals surface area (Å²) in [7, 11) is 1.80. The first-order valence-corrected chi connectivity index (χ1v) is 8.61. The van der Waals surface area contributed by atoms with E-state index in [1.165, 1.54) is 18.6 Å². The number of halogens is 1. The number of ether oxygens (including phenoxy) is 1. The Morgan fingerprint density at radius 3 is 2.45 bits per heavy atom. The molecule has 0 bridgehead atoms. The fourth-order valence-electron chi connectivity index (χ4n) is 1.46. The summed E-state index contributed by atoms with van der Waals surface area (Å²) in [6.07, 6.45) is 5.71. The predicted molar refractivity (Wildman–Crippen MR) is 103 cm³/mol. The number of guanidine groups is 1. The van der Waals surface area contributed by atoms with Gasteiger partial charge >= 0.3 is 0 Å². The molecule has 0 aliphatic rings. The normalized spacial score (nSPS) is 11.3. The van der Waals surface area contributed by atoms with Crippen molar-refractivity contribution in [2.24, 2.45) is 10.9 Å². The molecule has 0 aromatic rings. The van der Waals surface area contributed by atoms with Crippen molar-refractivity contribution in [1.29, 1.82) is 0 Å². The molecule has 20 heavy (non-hydrogen) atoms. The Balaban J connectivity index is 0. The van der Waals surface area contributed by atoms with E-state index in [9.17, 15) is 0 Å². The van der Waals surface area contributed by atoms with E-state index in [0.29, 0.717) is 5.92 Å². The van der Waals surface area contributed by atoms with Crippen LogP contribution in [0.25, 0.3) is 0 Å². The molecule has 122 valence electrons. The van der Waals surface area contributed by atoms with Crippen molar-refractivity contribution in [3.63, 3.8) is 0 Å². The number of rotatable bonds is 11. The second kappa shape index (κ2) is 17.4. The van der Waals surface area contributed by atoms with Crippen LogP contribution in [0.5, 0.6) is 0 Å². The third-order valence-corrected chi connectivity index (χ3v) is 3.37. The zero-order chi connectivity index (χ0) is 14.3. The smallest absolute Gasteiger partial charge is 0.191 e. The first kappa shape index (κ1) is 22.6. The Bertz CT molecular complexity index is 228. The fourth-order valence-corrected chi connectivity index (χ4v) is 1.95. The Labute approximate surface area is 146 Å². The van der Waals surface area contributed by atoms with E-state index in [1.807, 2.05) is 11.8 Å². The first-order chi connectivity index (χ1) is 9.20. The minimum Gasteiger partial charge on any atom is -0.380 e. The summed E-state index contributed by atoms with van der Waals surface area (Å²) >= 11 is 1.90. The van der Waals surface area contributed by atoms with Crippen LogP contribution >= 0.6 is 35.7 Å². The Morgan fingerprint density at radius 1 is 1.15 bits per heavy atom. The number of nitrogens with one attached hydrogen (secondary N) is 2. The van der Waals surface area contributed by atoms with Gasteiger partial charge in [-0.05, 0) is 37.2 Å². The maximum absolute atomic E-state index is 5.55. The molecule has 0 unspecified atom stereocenters. The highest BCUT2D eigenvalue weighted by Crippen LogP contribution is 1.98. The molecular formula is C14H32IN3OS. The van der Waals surface area contributed by atoms with Gasteiger partial charge in [-0.15, -0.1) is 24.0 Å². The van der Waals surface area contributed by atoms with Gasteiger partial charge in [0, 0.05) is 26.7 Å². The molecule has 0 aliphatic heterocycles. The zero-order valence-electron chi connectivity index (χ0n) is 13.4. The molecule has 0 aromatic carbocycles. The van der Waals surface area contributed by atoms with Crippen molar-refractivity contribution < 1.29 is 4.74 Å². The molecule has 0 aromatic heterocycles. The van der Waals surface area contributed by atoms with Crippen molar-refractivity contribution in [2.45, 2.75) is 33.1 Å². The van der Waals surface area contributed by atoms with Crippen LogP contribution in [0.15, 0.2) is 4.99 Å². The molecule has 4 nitrogen and oxygen atoms in total. The number of thioether (sulfide) groups is 1. The number of hydrogen-bond donors (Lipinski definition) is 2. The third-order valence-electron chi connectivity index (χ3n) is 2.67. The molecule has 0 saturated heterocycles. The lowest BCUT2D eigenvalue weighted by molar-refractivity contribution is 0.128. The number of unbranched alkanes of at least 4 members (excludes halogenated alkanes) is 1. The zero-order valence-corrected chi connectivity index (χ0v) is 16.6. The van der Waals surface area contributed by atoms with Gasteiger partial charge in [-0.25, -0.2) is 0 Å². The van der Waals surface area contributed by atoms with Gasteiger partial charge in [0.1, 0.15) is 0 Å². The summed E-state index contributed by atoms with van der Waals surface area (Å²) < 4.78 is 5.55. The van der Waals surface area contributed by atoms with E-state index >= 15 is 0 Å². The topological polar surface area (TPSA) is 45.7 Å². The average Bonchev–Trinajstić information content (AvgIpc) is 2.39. The lowest BCUT2D eigenvalue weighted by Gasteiger charge is -2.12. The summed E-state index contributed by atoms with van der Waals surface area (Å²) in [5, 5.41) is 6.57. The van der Waals surface area contributed by atoms with Crippen molar-refractivity contribution in [3.05, 3.63) is 0 Å². The second-order valence-electron chi connectivity index (χ2n) is 4.92. The second-order valence-corrected chi connectivity index (χ2v) is 5.91. The highest BCUT2D eigenvalue weighted by molar-refractivity contribution is 14.0. The van der Waals surface area contributed by atoms with Gasteiger partial charge in [0.15, 0.2) is 5.96 Å². The van der Waals surface area contributed by atoms with Gasteiger partial charge in [0.05, 0.1) is 6.61 Å². The van der Waals surface area contributed by atoms with E-state index in [1.54, 1.807) is 7.05 Å². The Kier molecular flexibility index (Phi) is 19.6. The number of hydrogen-bond acceptors (Lipinski definition) is 3. The molecule has 0 saturated carbocycles. The quantitative estimate of drug-likeness (QED) is 0.235. The van der Waals surface area contributed by atoms with Crippen LogP contribution in [0.2, 0.25) is 0 Å². The Hall–Kier alpha value is 0.310. The molecule has 0 heterocycles. The molecule has 0 fully saturated rings. The van der Waals surface area contributed by atoms with Crippen molar-refractivity contribution in [1.82, 2.24) is 10.6 Å². The van der Waals surface area contributed by atoms with Crippen LogP contribution in [0.4, 0.5) is 0 Å². The molecule has 2 N–H and O–H groups in total. The highest BCUT2D eigenvalue weighted by atomic mass is 127. The SMILES string of the molecule is CN=C(NCCCCSC)NCCOCCC(C)C.I. The van der Waals surface area contributed by atoms with Crippen LogP contribution in [0.3, 0.4) is 0 Å². The van der Waals surface area contributed by atoms with E-state index in [4.69, 9.17) is 4.74 Å². The van der Waals surface area contributed by atoms with Gasteiger partial charge in [0.25, 0.3) is 0 Å². The molecule has 0 aliphatic carbocycles. The predicted octanol–water partition coefficient (Wildman–Crippen LogP) is 2.98. The molecule has 0 radical (unpaired) electrons. The minimum atomic E-state index is 0. The molecule has 0 amide bonds. The van der Waals surface area contributed by atoms with Crippen LogP contribution in [-0.4, -0.2) is 51.3 Å². The molecule has 0 atom stereocenters.